The largest absolute Gasteiger partial charge is 0.494 e. The van der Waals surface area contributed by atoms with E-state index in [1.807, 2.05) is 24.3 Å². The summed E-state index contributed by atoms with van der Waals surface area (Å²) in [4.78, 5) is 5.15. The Morgan fingerprint density at radius 1 is 1.14 bits per heavy atom. The monoisotopic (exact) mass is 291 g/mol. The summed E-state index contributed by atoms with van der Waals surface area (Å²) in [6.45, 7) is 11.3. The molecule has 21 heavy (non-hydrogen) atoms. The van der Waals surface area contributed by atoms with Crippen molar-refractivity contribution in [3.05, 3.63) is 24.3 Å². The molecule has 118 valence electrons. The van der Waals surface area contributed by atoms with E-state index in [2.05, 4.69) is 23.6 Å². The predicted octanol–water partition coefficient (Wildman–Crippen LogP) is 2.45. The molecule has 0 aromatic heterocycles. The number of ether oxygens (including phenoxy) is 1. The molecule has 2 rings (SSSR count). The number of hydrogen-bond donors (Lipinski definition) is 1. The lowest BCUT2D eigenvalue weighted by molar-refractivity contribution is 0.0967. The topological polar surface area (TPSA) is 41.7 Å². The molecule has 0 radical (unpaired) electrons. The van der Waals surface area contributed by atoms with E-state index in [-0.39, 0.29) is 0 Å². The van der Waals surface area contributed by atoms with Gasteiger partial charge in [-0.25, -0.2) is 0 Å². The summed E-state index contributed by atoms with van der Waals surface area (Å²) in [6, 6.07) is 8.34. The third-order valence-corrected chi connectivity index (χ3v) is 4.39. The number of nitrogens with two attached hydrogens (primary N) is 1. The number of nitrogen functional groups attached to an aromatic ring is 1. The minimum absolute atomic E-state index is 0.723. The van der Waals surface area contributed by atoms with Gasteiger partial charge < -0.3 is 15.4 Å². The van der Waals surface area contributed by atoms with Crippen molar-refractivity contribution in [2.24, 2.45) is 0 Å². The SMILES string of the molecule is CCC(C)N1CCN(CCCOc2ccc(N)cc2)CC1. The summed E-state index contributed by atoms with van der Waals surface area (Å²) in [5.74, 6) is 0.908. The van der Waals surface area contributed by atoms with Crippen molar-refractivity contribution >= 4 is 5.69 Å². The molecule has 1 atom stereocenters. The fourth-order valence-electron chi connectivity index (χ4n) is 2.73. The van der Waals surface area contributed by atoms with Gasteiger partial charge in [-0.05, 0) is 44.0 Å². The highest BCUT2D eigenvalue weighted by atomic mass is 16.5. The molecule has 1 fully saturated rings. The second-order valence-corrected chi connectivity index (χ2v) is 5.91. The van der Waals surface area contributed by atoms with Crippen LogP contribution in [-0.4, -0.2) is 55.2 Å². The number of hydrogen-bond acceptors (Lipinski definition) is 4. The van der Waals surface area contributed by atoms with Gasteiger partial charge in [0.25, 0.3) is 0 Å². The third-order valence-electron chi connectivity index (χ3n) is 4.39. The summed E-state index contributed by atoms with van der Waals surface area (Å²) in [5, 5.41) is 0. The van der Waals surface area contributed by atoms with Crippen LogP contribution in [0.15, 0.2) is 24.3 Å². The molecule has 0 aliphatic carbocycles. The summed E-state index contributed by atoms with van der Waals surface area (Å²) < 4.78 is 5.74. The fraction of sp³-hybridized carbons (Fsp3) is 0.647. The molecule has 0 bridgehead atoms. The van der Waals surface area contributed by atoms with Gasteiger partial charge in [-0.3, -0.25) is 4.90 Å². The summed E-state index contributed by atoms with van der Waals surface area (Å²) in [6.07, 6.45) is 2.32. The molecule has 2 N–H and O–H groups in total. The third kappa shape index (κ3) is 5.21. The van der Waals surface area contributed by atoms with Gasteiger partial charge in [0.15, 0.2) is 0 Å². The molecule has 1 heterocycles. The lowest BCUT2D eigenvalue weighted by atomic mass is 10.2. The molecule has 0 spiro atoms. The number of benzene rings is 1. The van der Waals surface area contributed by atoms with E-state index in [1.54, 1.807) is 0 Å². The van der Waals surface area contributed by atoms with Crippen molar-refractivity contribution in [1.82, 2.24) is 9.80 Å². The maximum atomic E-state index is 5.74. The van der Waals surface area contributed by atoms with Gasteiger partial charge in [-0.1, -0.05) is 6.92 Å². The Balaban J connectivity index is 1.59. The number of nitrogens with zero attached hydrogens (tertiary/aromatic N) is 2. The Morgan fingerprint density at radius 2 is 1.81 bits per heavy atom. The van der Waals surface area contributed by atoms with Gasteiger partial charge in [0, 0.05) is 44.5 Å². The molecular formula is C17H29N3O. The standard InChI is InChI=1S/C17H29N3O/c1-3-15(2)20-12-10-19(11-13-20)9-4-14-21-17-7-5-16(18)6-8-17/h5-8,15H,3-4,9-14,18H2,1-2H3. The van der Waals surface area contributed by atoms with Gasteiger partial charge in [0.2, 0.25) is 0 Å². The maximum Gasteiger partial charge on any atom is 0.119 e. The quantitative estimate of drug-likeness (QED) is 0.619. The van der Waals surface area contributed by atoms with E-state index in [0.717, 1.165) is 37.1 Å². The van der Waals surface area contributed by atoms with Crippen molar-refractivity contribution in [1.29, 1.82) is 0 Å². The Bertz CT molecular complexity index is 399. The highest BCUT2D eigenvalue weighted by Crippen LogP contribution is 2.13. The van der Waals surface area contributed by atoms with E-state index < -0.39 is 0 Å². The van der Waals surface area contributed by atoms with Crippen molar-refractivity contribution in [3.8, 4) is 5.75 Å². The zero-order valence-corrected chi connectivity index (χ0v) is 13.4. The van der Waals surface area contributed by atoms with E-state index in [1.165, 1.54) is 32.6 Å². The Kier molecular flexibility index (Phi) is 6.33. The fourth-order valence-corrected chi connectivity index (χ4v) is 2.73. The minimum atomic E-state index is 0.723. The first-order chi connectivity index (χ1) is 10.2. The first kappa shape index (κ1) is 16.1. The van der Waals surface area contributed by atoms with Gasteiger partial charge in [0.1, 0.15) is 5.75 Å². The molecule has 1 aromatic carbocycles. The van der Waals surface area contributed by atoms with Crippen LogP contribution in [0.25, 0.3) is 0 Å². The van der Waals surface area contributed by atoms with Crippen LogP contribution in [0.3, 0.4) is 0 Å². The smallest absolute Gasteiger partial charge is 0.119 e. The van der Waals surface area contributed by atoms with E-state index in [0.29, 0.717) is 0 Å². The van der Waals surface area contributed by atoms with E-state index >= 15 is 0 Å². The first-order valence-corrected chi connectivity index (χ1v) is 8.13. The van der Waals surface area contributed by atoms with Crippen LogP contribution in [0.4, 0.5) is 5.69 Å². The zero-order valence-electron chi connectivity index (χ0n) is 13.4. The first-order valence-electron chi connectivity index (χ1n) is 8.13. The predicted molar refractivity (Wildman–Crippen MR) is 88.7 cm³/mol. The number of piperazine rings is 1. The van der Waals surface area contributed by atoms with Crippen LogP contribution in [0.1, 0.15) is 26.7 Å². The maximum absolute atomic E-state index is 5.74. The molecule has 1 saturated heterocycles. The highest BCUT2D eigenvalue weighted by Gasteiger charge is 2.19. The van der Waals surface area contributed by atoms with Crippen LogP contribution in [-0.2, 0) is 0 Å². The lowest BCUT2D eigenvalue weighted by Crippen LogP contribution is -2.49. The van der Waals surface area contributed by atoms with Crippen molar-refractivity contribution in [3.63, 3.8) is 0 Å². The molecule has 1 aromatic rings. The molecule has 4 heteroatoms. The number of anilines is 1. The normalized spacial score (nSPS) is 18.6. The van der Waals surface area contributed by atoms with Crippen LogP contribution in [0, 0.1) is 0 Å². The average molecular weight is 291 g/mol. The van der Waals surface area contributed by atoms with Gasteiger partial charge in [-0.15, -0.1) is 0 Å². The molecule has 0 amide bonds. The Hall–Kier alpha value is -1.26. The Morgan fingerprint density at radius 3 is 2.43 bits per heavy atom. The molecule has 0 saturated carbocycles. The van der Waals surface area contributed by atoms with Gasteiger partial charge in [-0.2, -0.15) is 0 Å². The summed E-state index contributed by atoms with van der Waals surface area (Å²) >= 11 is 0. The van der Waals surface area contributed by atoms with E-state index in [9.17, 15) is 0 Å². The van der Waals surface area contributed by atoms with Crippen LogP contribution < -0.4 is 10.5 Å². The molecule has 1 unspecified atom stereocenters. The molecule has 1 aliphatic rings. The lowest BCUT2D eigenvalue weighted by Gasteiger charge is -2.37. The van der Waals surface area contributed by atoms with Crippen molar-refractivity contribution < 1.29 is 4.74 Å². The second-order valence-electron chi connectivity index (χ2n) is 5.91. The van der Waals surface area contributed by atoms with Crippen LogP contribution in [0.5, 0.6) is 5.75 Å². The molecule has 4 nitrogen and oxygen atoms in total. The minimum Gasteiger partial charge on any atom is -0.494 e. The average Bonchev–Trinajstić information content (AvgIpc) is 2.53. The van der Waals surface area contributed by atoms with Gasteiger partial charge in [0.05, 0.1) is 6.61 Å². The highest BCUT2D eigenvalue weighted by molar-refractivity contribution is 5.41. The van der Waals surface area contributed by atoms with Crippen molar-refractivity contribution in [2.75, 3.05) is 45.1 Å². The van der Waals surface area contributed by atoms with Crippen LogP contribution in [0.2, 0.25) is 0 Å². The summed E-state index contributed by atoms with van der Waals surface area (Å²) in [5.41, 5.74) is 6.43. The number of rotatable bonds is 7. The van der Waals surface area contributed by atoms with Gasteiger partial charge >= 0.3 is 0 Å². The molecular weight excluding hydrogens is 262 g/mol. The molecule has 1 aliphatic heterocycles. The van der Waals surface area contributed by atoms with Crippen LogP contribution >= 0.6 is 0 Å². The Labute approximate surface area is 128 Å². The zero-order chi connectivity index (χ0) is 15.1. The van der Waals surface area contributed by atoms with Crippen molar-refractivity contribution in [2.45, 2.75) is 32.7 Å². The summed E-state index contributed by atoms with van der Waals surface area (Å²) in [7, 11) is 0. The van der Waals surface area contributed by atoms with E-state index in [4.69, 9.17) is 10.5 Å². The second kappa shape index (κ2) is 8.25.